The SMILES string of the molecule is CC(C)N1CCC(CNC(=O)CCNS(=O)(=O)c2cccc(Br)c2)C1. The predicted octanol–water partition coefficient (Wildman–Crippen LogP) is 1.96. The van der Waals surface area contributed by atoms with Gasteiger partial charge in [0.1, 0.15) is 0 Å². The molecule has 0 radical (unpaired) electrons. The number of hydrogen-bond acceptors (Lipinski definition) is 4. The van der Waals surface area contributed by atoms with Gasteiger partial charge in [0.25, 0.3) is 0 Å². The summed E-state index contributed by atoms with van der Waals surface area (Å²) in [6.07, 6.45) is 1.22. The first-order valence-corrected chi connectivity index (χ1v) is 10.8. The number of sulfonamides is 1. The molecule has 1 aromatic rings. The molecule has 0 saturated carbocycles. The summed E-state index contributed by atoms with van der Waals surface area (Å²) in [7, 11) is -3.59. The first kappa shape index (κ1) is 20.4. The third-order valence-electron chi connectivity index (χ3n) is 4.39. The maximum Gasteiger partial charge on any atom is 0.240 e. The minimum atomic E-state index is -3.59. The number of nitrogens with zero attached hydrogens (tertiary/aromatic N) is 1. The lowest BCUT2D eigenvalue weighted by atomic mass is 10.1. The van der Waals surface area contributed by atoms with Crippen LogP contribution >= 0.6 is 15.9 Å². The van der Waals surface area contributed by atoms with E-state index < -0.39 is 10.0 Å². The van der Waals surface area contributed by atoms with Crippen molar-refractivity contribution in [3.63, 3.8) is 0 Å². The van der Waals surface area contributed by atoms with Crippen molar-refractivity contribution in [1.29, 1.82) is 0 Å². The van der Waals surface area contributed by atoms with Crippen LogP contribution in [-0.4, -0.2) is 51.4 Å². The average molecular weight is 432 g/mol. The Morgan fingerprint density at radius 3 is 2.80 bits per heavy atom. The molecule has 8 heteroatoms. The molecular formula is C17H26BrN3O3S. The van der Waals surface area contributed by atoms with Crippen LogP contribution in [0.15, 0.2) is 33.6 Å². The van der Waals surface area contributed by atoms with Crippen LogP contribution in [0.25, 0.3) is 0 Å². The predicted molar refractivity (Wildman–Crippen MR) is 102 cm³/mol. The highest BCUT2D eigenvalue weighted by atomic mass is 79.9. The normalized spacial score (nSPS) is 18.6. The molecular weight excluding hydrogens is 406 g/mol. The van der Waals surface area contributed by atoms with Crippen LogP contribution in [0.4, 0.5) is 0 Å². The first-order valence-electron chi connectivity index (χ1n) is 8.54. The number of hydrogen-bond donors (Lipinski definition) is 2. The summed E-state index contributed by atoms with van der Waals surface area (Å²) in [6, 6.07) is 7.01. The third kappa shape index (κ3) is 6.36. The molecule has 1 aromatic carbocycles. The van der Waals surface area contributed by atoms with E-state index in [1.807, 2.05) is 0 Å². The van der Waals surface area contributed by atoms with Gasteiger partial charge < -0.3 is 10.2 Å². The molecule has 1 atom stereocenters. The second-order valence-electron chi connectivity index (χ2n) is 6.65. The van der Waals surface area contributed by atoms with Crippen LogP contribution in [0.1, 0.15) is 26.7 Å². The van der Waals surface area contributed by atoms with Gasteiger partial charge in [-0.05, 0) is 50.9 Å². The third-order valence-corrected chi connectivity index (χ3v) is 6.34. The summed E-state index contributed by atoms with van der Waals surface area (Å²) in [6.45, 7) is 7.18. The van der Waals surface area contributed by atoms with Crippen molar-refractivity contribution in [2.24, 2.45) is 5.92 Å². The number of carbonyl (C=O) groups is 1. The minimum absolute atomic E-state index is 0.0868. The summed E-state index contributed by atoms with van der Waals surface area (Å²) in [5.41, 5.74) is 0. The number of nitrogens with one attached hydrogen (secondary N) is 2. The lowest BCUT2D eigenvalue weighted by Crippen LogP contribution is -2.35. The maximum atomic E-state index is 12.2. The Bertz CT molecular complexity index is 694. The molecule has 1 unspecified atom stereocenters. The molecule has 140 valence electrons. The topological polar surface area (TPSA) is 78.5 Å². The van der Waals surface area contributed by atoms with Crippen molar-refractivity contribution in [1.82, 2.24) is 14.9 Å². The smallest absolute Gasteiger partial charge is 0.240 e. The van der Waals surface area contributed by atoms with E-state index in [1.165, 1.54) is 12.1 Å². The molecule has 0 bridgehead atoms. The van der Waals surface area contributed by atoms with Gasteiger partial charge in [-0.25, -0.2) is 13.1 Å². The maximum absolute atomic E-state index is 12.2. The lowest BCUT2D eigenvalue weighted by Gasteiger charge is -2.20. The van der Waals surface area contributed by atoms with Gasteiger partial charge in [0.05, 0.1) is 4.90 Å². The van der Waals surface area contributed by atoms with Crippen molar-refractivity contribution in [2.75, 3.05) is 26.2 Å². The molecule has 1 amide bonds. The van der Waals surface area contributed by atoms with Crippen LogP contribution in [0.3, 0.4) is 0 Å². The van der Waals surface area contributed by atoms with E-state index in [0.29, 0.717) is 23.0 Å². The Morgan fingerprint density at radius 1 is 1.40 bits per heavy atom. The van der Waals surface area contributed by atoms with Crippen LogP contribution in [0.5, 0.6) is 0 Å². The fourth-order valence-corrected chi connectivity index (χ4v) is 4.49. The summed E-state index contributed by atoms with van der Waals surface area (Å²) < 4.78 is 27.5. The van der Waals surface area contributed by atoms with E-state index in [-0.39, 0.29) is 23.8 Å². The zero-order chi connectivity index (χ0) is 18.4. The number of halogens is 1. The Hall–Kier alpha value is -0.960. The second kappa shape index (κ2) is 9.12. The van der Waals surface area contributed by atoms with Gasteiger partial charge in [-0.1, -0.05) is 22.0 Å². The molecule has 1 heterocycles. The van der Waals surface area contributed by atoms with Gasteiger partial charge in [0.2, 0.25) is 15.9 Å². The molecule has 1 aliphatic heterocycles. The van der Waals surface area contributed by atoms with E-state index in [0.717, 1.165) is 19.5 Å². The van der Waals surface area contributed by atoms with E-state index in [2.05, 4.69) is 44.7 Å². The zero-order valence-electron chi connectivity index (χ0n) is 14.7. The van der Waals surface area contributed by atoms with E-state index >= 15 is 0 Å². The summed E-state index contributed by atoms with van der Waals surface area (Å²) in [5, 5.41) is 2.91. The summed E-state index contributed by atoms with van der Waals surface area (Å²) in [4.78, 5) is 14.5. The van der Waals surface area contributed by atoms with Crippen LogP contribution < -0.4 is 10.0 Å². The zero-order valence-corrected chi connectivity index (χ0v) is 17.1. The Morgan fingerprint density at radius 2 is 2.16 bits per heavy atom. The monoisotopic (exact) mass is 431 g/mol. The van der Waals surface area contributed by atoms with Gasteiger partial charge >= 0.3 is 0 Å². The molecule has 2 rings (SSSR count). The minimum Gasteiger partial charge on any atom is -0.356 e. The second-order valence-corrected chi connectivity index (χ2v) is 9.34. The Balaban J connectivity index is 1.70. The van der Waals surface area contributed by atoms with Gasteiger partial charge in [-0.2, -0.15) is 0 Å². The fraction of sp³-hybridized carbons (Fsp3) is 0.588. The van der Waals surface area contributed by atoms with Crippen molar-refractivity contribution in [2.45, 2.75) is 37.6 Å². The van der Waals surface area contributed by atoms with Crippen LogP contribution in [-0.2, 0) is 14.8 Å². The molecule has 0 spiro atoms. The fourth-order valence-electron chi connectivity index (χ4n) is 2.86. The van der Waals surface area contributed by atoms with Crippen molar-refractivity contribution in [3.05, 3.63) is 28.7 Å². The molecule has 0 aliphatic carbocycles. The van der Waals surface area contributed by atoms with Gasteiger partial charge in [0, 0.05) is 36.6 Å². The van der Waals surface area contributed by atoms with Crippen molar-refractivity contribution < 1.29 is 13.2 Å². The molecule has 25 heavy (non-hydrogen) atoms. The standard InChI is InChI=1S/C17H26BrN3O3S/c1-13(2)21-9-7-14(12-21)11-19-17(22)6-8-20-25(23,24)16-5-3-4-15(18)10-16/h3-5,10,13-14,20H,6-9,11-12H2,1-2H3,(H,19,22). The molecule has 1 fully saturated rings. The Kier molecular flexibility index (Phi) is 7.42. The van der Waals surface area contributed by atoms with Gasteiger partial charge in [-0.15, -0.1) is 0 Å². The number of rotatable bonds is 8. The van der Waals surface area contributed by atoms with Crippen LogP contribution in [0, 0.1) is 5.92 Å². The highest BCUT2D eigenvalue weighted by Gasteiger charge is 2.24. The summed E-state index contributed by atoms with van der Waals surface area (Å²) >= 11 is 3.25. The lowest BCUT2D eigenvalue weighted by molar-refractivity contribution is -0.121. The van der Waals surface area contributed by atoms with Gasteiger partial charge in [0.15, 0.2) is 0 Å². The quantitative estimate of drug-likeness (QED) is 0.659. The van der Waals surface area contributed by atoms with Crippen molar-refractivity contribution >= 4 is 31.9 Å². The van der Waals surface area contributed by atoms with Gasteiger partial charge in [-0.3, -0.25) is 4.79 Å². The van der Waals surface area contributed by atoms with E-state index in [4.69, 9.17) is 0 Å². The molecule has 1 saturated heterocycles. The number of benzene rings is 1. The number of amides is 1. The highest BCUT2D eigenvalue weighted by molar-refractivity contribution is 9.10. The van der Waals surface area contributed by atoms with Crippen LogP contribution in [0.2, 0.25) is 0 Å². The van der Waals surface area contributed by atoms with Crippen molar-refractivity contribution in [3.8, 4) is 0 Å². The average Bonchev–Trinajstić information content (AvgIpc) is 3.02. The molecule has 6 nitrogen and oxygen atoms in total. The largest absolute Gasteiger partial charge is 0.356 e. The first-order chi connectivity index (χ1) is 11.8. The molecule has 1 aliphatic rings. The Labute approximate surface area is 158 Å². The van der Waals surface area contributed by atoms with E-state index in [1.54, 1.807) is 12.1 Å². The highest BCUT2D eigenvalue weighted by Crippen LogP contribution is 2.18. The molecule has 2 N–H and O–H groups in total. The summed E-state index contributed by atoms with van der Waals surface area (Å²) in [5.74, 6) is 0.352. The van der Waals surface area contributed by atoms with E-state index in [9.17, 15) is 13.2 Å². The molecule has 0 aromatic heterocycles. The number of likely N-dealkylation sites (tertiary alicyclic amines) is 1. The number of carbonyl (C=O) groups excluding carboxylic acids is 1.